The molecule has 0 bridgehead atoms. The summed E-state index contributed by atoms with van der Waals surface area (Å²) < 4.78 is 59.2. The van der Waals surface area contributed by atoms with Crippen molar-refractivity contribution in [2.75, 3.05) is 19.7 Å². The summed E-state index contributed by atoms with van der Waals surface area (Å²) in [6.07, 6.45) is 1.00. The lowest BCUT2D eigenvalue weighted by Crippen LogP contribution is -2.33. The van der Waals surface area contributed by atoms with E-state index >= 15 is 0 Å². The predicted octanol–water partition coefficient (Wildman–Crippen LogP) is 5.78. The van der Waals surface area contributed by atoms with Crippen LogP contribution in [-0.2, 0) is 13.6 Å². The van der Waals surface area contributed by atoms with Gasteiger partial charge in [0.05, 0.1) is 29.3 Å². The Labute approximate surface area is 244 Å². The number of imidazole rings is 1. The van der Waals surface area contributed by atoms with E-state index in [1.807, 2.05) is 18.2 Å². The number of aryl methyl sites for hydroxylation is 1. The Hall–Kier alpha value is -4.76. The molecule has 0 amide bonds. The summed E-state index contributed by atoms with van der Waals surface area (Å²) in [4.78, 5) is 18.3. The monoisotopic (exact) mass is 592 g/mol. The first-order chi connectivity index (χ1) is 20.7. The second-order valence-corrected chi connectivity index (χ2v) is 10.6. The molecule has 2 aliphatic heterocycles. The van der Waals surface area contributed by atoms with E-state index in [1.54, 1.807) is 29.8 Å². The van der Waals surface area contributed by atoms with Crippen LogP contribution in [0.4, 0.5) is 13.2 Å². The molecule has 3 heterocycles. The van der Waals surface area contributed by atoms with Crippen molar-refractivity contribution in [2.45, 2.75) is 38.0 Å². The number of aromatic nitrogens is 2. The maximum absolute atomic E-state index is 14.6. The molecule has 1 aromatic heterocycles. The van der Waals surface area contributed by atoms with Crippen molar-refractivity contribution in [1.82, 2.24) is 14.5 Å². The zero-order chi connectivity index (χ0) is 30.2. The third-order valence-corrected chi connectivity index (χ3v) is 8.03. The molecule has 0 saturated carbocycles. The minimum Gasteiger partial charge on any atom is -0.485 e. The Kier molecular flexibility index (Phi) is 7.58. The van der Waals surface area contributed by atoms with Crippen molar-refractivity contribution in [3.8, 4) is 23.3 Å². The fraction of sp³-hybridized carbons (Fsp3) is 0.323. The molecule has 0 spiro atoms. The van der Waals surface area contributed by atoms with Crippen LogP contribution >= 0.6 is 0 Å². The standard InChI is InChI=1S/C31H27F3N4O5/c1-37-23-12-19(30(39)40)13-25(43-31(33)34)28(23)36-27(37)15-38-9-7-18(8-10-38)20-3-2-4-24-29(20)41-16-26(42-24)21-6-5-17(14-35)11-22(21)32/h2-6,11-13,18,26,31H,7-10,15-16H2,1H3,(H,39,40)/t26-/m0/s1. The number of carbonyl (C=O) groups is 1. The van der Waals surface area contributed by atoms with Gasteiger partial charge >= 0.3 is 12.6 Å². The first-order valence-electron chi connectivity index (χ1n) is 13.7. The van der Waals surface area contributed by atoms with Gasteiger partial charge < -0.3 is 23.9 Å². The molecule has 3 aromatic carbocycles. The molecule has 1 saturated heterocycles. The average molecular weight is 593 g/mol. The van der Waals surface area contributed by atoms with Gasteiger partial charge in [-0.25, -0.2) is 14.2 Å². The lowest BCUT2D eigenvalue weighted by atomic mass is 9.88. The molecule has 1 N–H and O–H groups in total. The Balaban J connectivity index is 1.15. The second kappa shape index (κ2) is 11.5. The molecular weight excluding hydrogens is 565 g/mol. The molecule has 0 radical (unpaired) electrons. The smallest absolute Gasteiger partial charge is 0.387 e. The number of carboxylic acids is 1. The highest BCUT2D eigenvalue weighted by molar-refractivity contribution is 5.95. The van der Waals surface area contributed by atoms with Gasteiger partial charge in [-0.05, 0) is 62.2 Å². The van der Waals surface area contributed by atoms with E-state index in [2.05, 4.69) is 14.6 Å². The van der Waals surface area contributed by atoms with Crippen molar-refractivity contribution in [1.29, 1.82) is 5.26 Å². The number of fused-ring (bicyclic) bond motifs is 2. The molecule has 9 nitrogen and oxygen atoms in total. The predicted molar refractivity (Wildman–Crippen MR) is 148 cm³/mol. The van der Waals surface area contributed by atoms with E-state index in [0.717, 1.165) is 37.6 Å². The summed E-state index contributed by atoms with van der Waals surface area (Å²) in [5.74, 6) is -0.0384. The molecule has 6 rings (SSSR count). The van der Waals surface area contributed by atoms with Crippen molar-refractivity contribution >= 4 is 17.0 Å². The Morgan fingerprint density at radius 3 is 2.67 bits per heavy atom. The fourth-order valence-corrected chi connectivity index (χ4v) is 5.82. The van der Waals surface area contributed by atoms with Crippen molar-refractivity contribution in [3.05, 3.63) is 82.4 Å². The lowest BCUT2D eigenvalue weighted by Gasteiger charge is -2.34. The number of rotatable bonds is 7. The molecule has 2 aliphatic rings. The van der Waals surface area contributed by atoms with Crippen LogP contribution in [0.25, 0.3) is 11.0 Å². The van der Waals surface area contributed by atoms with Gasteiger partial charge in [0.15, 0.2) is 23.4 Å². The first kappa shape index (κ1) is 28.4. The van der Waals surface area contributed by atoms with Gasteiger partial charge in [-0.2, -0.15) is 14.0 Å². The molecule has 1 fully saturated rings. The molecule has 4 aromatic rings. The van der Waals surface area contributed by atoms with Gasteiger partial charge in [-0.15, -0.1) is 0 Å². The number of hydrogen-bond donors (Lipinski definition) is 1. The summed E-state index contributed by atoms with van der Waals surface area (Å²) in [6.45, 7) is -1.06. The molecule has 0 aliphatic carbocycles. The van der Waals surface area contributed by atoms with Crippen molar-refractivity contribution in [2.24, 2.45) is 7.05 Å². The zero-order valence-electron chi connectivity index (χ0n) is 23.1. The van der Waals surface area contributed by atoms with E-state index in [9.17, 15) is 23.1 Å². The van der Waals surface area contributed by atoms with Gasteiger partial charge in [0.25, 0.3) is 0 Å². The van der Waals surface area contributed by atoms with Crippen molar-refractivity contribution < 1.29 is 37.3 Å². The molecule has 12 heteroatoms. The summed E-state index contributed by atoms with van der Waals surface area (Å²) in [5, 5.41) is 18.4. The van der Waals surface area contributed by atoms with Crippen LogP contribution < -0.4 is 14.2 Å². The van der Waals surface area contributed by atoms with Crippen LogP contribution in [0, 0.1) is 17.1 Å². The number of halogens is 3. The van der Waals surface area contributed by atoms with E-state index in [0.29, 0.717) is 34.9 Å². The van der Waals surface area contributed by atoms with Crippen molar-refractivity contribution in [3.63, 3.8) is 0 Å². The molecule has 43 heavy (non-hydrogen) atoms. The number of likely N-dealkylation sites (tertiary alicyclic amines) is 1. The highest BCUT2D eigenvalue weighted by Gasteiger charge is 2.31. The summed E-state index contributed by atoms with van der Waals surface area (Å²) in [5.41, 5.74) is 2.01. The average Bonchev–Trinajstić information content (AvgIpc) is 3.31. The van der Waals surface area contributed by atoms with Crippen LogP contribution in [0.15, 0.2) is 48.5 Å². The zero-order valence-corrected chi connectivity index (χ0v) is 23.1. The number of para-hydroxylation sites is 1. The van der Waals surface area contributed by atoms with E-state index < -0.39 is 24.5 Å². The molecule has 0 unspecified atom stereocenters. The molecule has 222 valence electrons. The van der Waals surface area contributed by atoms with E-state index in [-0.39, 0.29) is 34.9 Å². The van der Waals surface area contributed by atoms with Gasteiger partial charge in [0, 0.05) is 18.2 Å². The Bertz CT molecular complexity index is 1740. The topological polar surface area (TPSA) is 110 Å². The third-order valence-electron chi connectivity index (χ3n) is 8.03. The van der Waals surface area contributed by atoms with Gasteiger partial charge in [0.1, 0.15) is 23.8 Å². The normalized spacial score (nSPS) is 17.3. The van der Waals surface area contributed by atoms with E-state index in [4.69, 9.17) is 14.7 Å². The summed E-state index contributed by atoms with van der Waals surface area (Å²) in [7, 11) is 1.72. The van der Waals surface area contributed by atoms with Crippen LogP contribution in [0.1, 0.15) is 57.7 Å². The lowest BCUT2D eigenvalue weighted by molar-refractivity contribution is -0.0489. The van der Waals surface area contributed by atoms with Crippen LogP contribution in [0.2, 0.25) is 0 Å². The largest absolute Gasteiger partial charge is 0.485 e. The number of nitrogens with zero attached hydrogens (tertiary/aromatic N) is 4. The fourth-order valence-electron chi connectivity index (χ4n) is 5.82. The summed E-state index contributed by atoms with van der Waals surface area (Å²) in [6, 6.07) is 14.4. The summed E-state index contributed by atoms with van der Waals surface area (Å²) >= 11 is 0. The second-order valence-electron chi connectivity index (χ2n) is 10.6. The van der Waals surface area contributed by atoms with Crippen LogP contribution in [0.5, 0.6) is 17.2 Å². The number of hydrogen-bond acceptors (Lipinski definition) is 7. The van der Waals surface area contributed by atoms with Crippen LogP contribution in [0.3, 0.4) is 0 Å². The minimum atomic E-state index is -3.11. The number of piperidine rings is 1. The minimum absolute atomic E-state index is 0.138. The third kappa shape index (κ3) is 5.56. The maximum Gasteiger partial charge on any atom is 0.387 e. The number of carboxylic acid groups (broad SMARTS) is 1. The quantitative estimate of drug-likeness (QED) is 0.288. The molecular formula is C31H27F3N4O5. The van der Waals surface area contributed by atoms with Crippen LogP contribution in [-0.4, -0.2) is 51.8 Å². The number of benzene rings is 3. The Morgan fingerprint density at radius 1 is 1.19 bits per heavy atom. The van der Waals surface area contributed by atoms with E-state index in [1.165, 1.54) is 12.1 Å². The van der Waals surface area contributed by atoms with Gasteiger partial charge in [0.2, 0.25) is 0 Å². The highest BCUT2D eigenvalue weighted by Crippen LogP contribution is 2.44. The molecule has 1 atom stereocenters. The number of ether oxygens (including phenoxy) is 3. The number of nitriles is 1. The van der Waals surface area contributed by atoms with Gasteiger partial charge in [-0.3, -0.25) is 4.90 Å². The SMILES string of the molecule is Cn1c(CN2CCC(c3cccc4c3OC[C@@H](c3ccc(C#N)cc3F)O4)CC2)nc2c(OC(F)F)cc(C(=O)O)cc21. The van der Waals surface area contributed by atoms with Gasteiger partial charge in [-0.1, -0.05) is 18.2 Å². The maximum atomic E-state index is 14.6. The number of alkyl halides is 2. The highest BCUT2D eigenvalue weighted by atomic mass is 19.3. The Morgan fingerprint density at radius 2 is 1.98 bits per heavy atom. The number of aromatic carboxylic acids is 1. The first-order valence-corrected chi connectivity index (χ1v) is 13.7.